The molecule has 0 saturated carbocycles. The lowest BCUT2D eigenvalue weighted by atomic mass is 9.89. The Bertz CT molecular complexity index is 726. The second kappa shape index (κ2) is 10.5. The Hall–Kier alpha value is -2.04. The van der Waals surface area contributed by atoms with Crippen LogP contribution in [0.5, 0.6) is 5.75 Å². The van der Waals surface area contributed by atoms with E-state index in [9.17, 15) is 18.0 Å². The molecule has 156 valence electrons. The van der Waals surface area contributed by atoms with E-state index in [1.165, 1.54) is 6.08 Å². The standard InChI is InChI=1S/C23H31F3O2/c1-7-8-12-28-22-19(16(4)5)13-18(15(2)3)14-20(22)17(6)10-9-11-21(27)23(24,25)26/h9-11,13-16H,7-8,12H2,1-6H3/b11-9+,17-10-. The average Bonchev–Trinajstić information content (AvgIpc) is 2.60. The van der Waals surface area contributed by atoms with Crippen LogP contribution >= 0.6 is 0 Å². The molecule has 0 aliphatic carbocycles. The first-order valence-corrected chi connectivity index (χ1v) is 9.76. The predicted molar refractivity (Wildman–Crippen MR) is 109 cm³/mol. The Morgan fingerprint density at radius 1 is 1.14 bits per heavy atom. The number of allylic oxidation sites excluding steroid dienone is 4. The van der Waals surface area contributed by atoms with E-state index in [0.29, 0.717) is 18.6 Å². The molecule has 0 radical (unpaired) electrons. The normalized spacial score (nSPS) is 13.0. The van der Waals surface area contributed by atoms with Crippen LogP contribution in [-0.4, -0.2) is 18.6 Å². The van der Waals surface area contributed by atoms with Crippen molar-refractivity contribution in [1.82, 2.24) is 0 Å². The van der Waals surface area contributed by atoms with E-state index in [0.717, 1.165) is 46.9 Å². The van der Waals surface area contributed by atoms with Gasteiger partial charge in [-0.15, -0.1) is 0 Å². The topological polar surface area (TPSA) is 26.3 Å². The molecular formula is C23H31F3O2. The lowest BCUT2D eigenvalue weighted by Crippen LogP contribution is -2.19. The summed E-state index contributed by atoms with van der Waals surface area (Å²) in [5.74, 6) is -0.549. The second-order valence-corrected chi connectivity index (χ2v) is 7.57. The number of alkyl halides is 3. The van der Waals surface area contributed by atoms with Gasteiger partial charge in [-0.3, -0.25) is 4.79 Å². The largest absolute Gasteiger partial charge is 0.493 e. The van der Waals surface area contributed by atoms with E-state index in [1.54, 1.807) is 0 Å². The molecule has 0 atom stereocenters. The van der Waals surface area contributed by atoms with E-state index in [1.807, 2.05) is 13.0 Å². The maximum Gasteiger partial charge on any atom is 0.454 e. The van der Waals surface area contributed by atoms with E-state index in [2.05, 4.69) is 40.7 Å². The molecule has 0 aromatic heterocycles. The summed E-state index contributed by atoms with van der Waals surface area (Å²) in [7, 11) is 0. The van der Waals surface area contributed by atoms with Gasteiger partial charge in [-0.25, -0.2) is 0 Å². The number of hydrogen-bond acceptors (Lipinski definition) is 2. The van der Waals surface area contributed by atoms with Gasteiger partial charge in [-0.1, -0.05) is 59.3 Å². The van der Waals surface area contributed by atoms with Crippen molar-refractivity contribution in [2.75, 3.05) is 6.61 Å². The fraction of sp³-hybridized carbons (Fsp3) is 0.522. The highest BCUT2D eigenvalue weighted by Gasteiger charge is 2.35. The molecule has 5 heteroatoms. The monoisotopic (exact) mass is 396 g/mol. The Labute approximate surface area is 166 Å². The Balaban J connectivity index is 3.40. The number of carbonyl (C=O) groups is 1. The molecule has 0 amide bonds. The van der Waals surface area contributed by atoms with E-state index in [4.69, 9.17) is 4.74 Å². The highest BCUT2D eigenvalue weighted by molar-refractivity contribution is 5.94. The number of hydrogen-bond donors (Lipinski definition) is 0. The van der Waals surface area contributed by atoms with Gasteiger partial charge in [0.05, 0.1) is 6.61 Å². The molecule has 0 heterocycles. The summed E-state index contributed by atoms with van der Waals surface area (Å²) in [6.07, 6.45) is 0.308. The molecule has 0 N–H and O–H groups in total. The van der Waals surface area contributed by atoms with Crippen LogP contribution in [0.4, 0.5) is 13.2 Å². The van der Waals surface area contributed by atoms with Gasteiger partial charge in [0.15, 0.2) is 0 Å². The first-order valence-electron chi connectivity index (χ1n) is 9.76. The molecule has 0 aliphatic rings. The van der Waals surface area contributed by atoms with Gasteiger partial charge < -0.3 is 4.74 Å². The maximum atomic E-state index is 12.4. The summed E-state index contributed by atoms with van der Waals surface area (Å²) >= 11 is 0. The molecule has 0 fully saturated rings. The molecule has 28 heavy (non-hydrogen) atoms. The number of benzene rings is 1. The summed E-state index contributed by atoms with van der Waals surface area (Å²) in [6.45, 7) is 12.9. The number of halogens is 3. The average molecular weight is 396 g/mol. The van der Waals surface area contributed by atoms with Crippen LogP contribution in [0.25, 0.3) is 5.57 Å². The van der Waals surface area contributed by atoms with Gasteiger partial charge in [0.2, 0.25) is 0 Å². The Kier molecular flexibility index (Phi) is 8.99. The third-order valence-electron chi connectivity index (χ3n) is 4.47. The quantitative estimate of drug-likeness (QED) is 0.250. The third kappa shape index (κ3) is 6.84. The van der Waals surface area contributed by atoms with Crippen molar-refractivity contribution in [2.45, 2.75) is 72.4 Å². The molecule has 0 unspecified atom stereocenters. The smallest absolute Gasteiger partial charge is 0.454 e. The van der Waals surface area contributed by atoms with Gasteiger partial charge in [0.25, 0.3) is 5.78 Å². The Morgan fingerprint density at radius 3 is 2.29 bits per heavy atom. The summed E-state index contributed by atoms with van der Waals surface area (Å²) in [4.78, 5) is 11.0. The van der Waals surface area contributed by atoms with E-state index in [-0.39, 0.29) is 5.92 Å². The second-order valence-electron chi connectivity index (χ2n) is 7.57. The van der Waals surface area contributed by atoms with E-state index >= 15 is 0 Å². The van der Waals surface area contributed by atoms with Crippen LogP contribution in [0.1, 0.15) is 82.9 Å². The third-order valence-corrected chi connectivity index (χ3v) is 4.47. The SMILES string of the molecule is CCCCOc1c(/C(C)=C\C=C\C(=O)C(F)(F)F)cc(C(C)C)cc1C(C)C. The summed E-state index contributed by atoms with van der Waals surface area (Å²) in [5.41, 5.74) is 3.84. The van der Waals surface area contributed by atoms with Crippen LogP contribution in [0.3, 0.4) is 0 Å². The fourth-order valence-corrected chi connectivity index (χ4v) is 2.67. The lowest BCUT2D eigenvalue weighted by Gasteiger charge is -2.21. The van der Waals surface area contributed by atoms with Crippen LogP contribution in [-0.2, 0) is 4.79 Å². The van der Waals surface area contributed by atoms with Crippen molar-refractivity contribution in [2.24, 2.45) is 0 Å². The number of ketones is 1. The zero-order valence-electron chi connectivity index (χ0n) is 17.6. The molecule has 0 spiro atoms. The Morgan fingerprint density at radius 2 is 1.79 bits per heavy atom. The molecule has 1 aromatic carbocycles. The van der Waals surface area contributed by atoms with Crippen LogP contribution < -0.4 is 4.74 Å². The van der Waals surface area contributed by atoms with Crippen molar-refractivity contribution < 1.29 is 22.7 Å². The van der Waals surface area contributed by atoms with Gasteiger partial charge in [-0.2, -0.15) is 13.2 Å². The van der Waals surface area contributed by atoms with Crippen molar-refractivity contribution in [3.05, 3.63) is 47.1 Å². The molecule has 2 nitrogen and oxygen atoms in total. The molecule has 0 aliphatic heterocycles. The molecule has 1 rings (SSSR count). The van der Waals surface area contributed by atoms with Gasteiger partial charge in [0.1, 0.15) is 5.75 Å². The number of carbonyl (C=O) groups excluding carboxylic acids is 1. The van der Waals surface area contributed by atoms with Gasteiger partial charge in [-0.05, 0) is 54.0 Å². The van der Waals surface area contributed by atoms with E-state index < -0.39 is 12.0 Å². The summed E-state index contributed by atoms with van der Waals surface area (Å²) in [6, 6.07) is 4.18. The number of unbranched alkanes of at least 4 members (excludes halogenated alkanes) is 1. The minimum atomic E-state index is -4.85. The zero-order chi connectivity index (χ0) is 21.5. The molecule has 1 aromatic rings. The summed E-state index contributed by atoms with van der Waals surface area (Å²) in [5, 5.41) is 0. The van der Waals surface area contributed by atoms with Crippen LogP contribution in [0.15, 0.2) is 30.4 Å². The van der Waals surface area contributed by atoms with Gasteiger partial charge >= 0.3 is 6.18 Å². The highest BCUT2D eigenvalue weighted by atomic mass is 19.4. The minimum Gasteiger partial charge on any atom is -0.493 e. The molecule has 0 bridgehead atoms. The van der Waals surface area contributed by atoms with Crippen molar-refractivity contribution in [1.29, 1.82) is 0 Å². The van der Waals surface area contributed by atoms with Gasteiger partial charge in [0, 0.05) is 5.56 Å². The molecular weight excluding hydrogens is 365 g/mol. The predicted octanol–water partition coefficient (Wildman–Crippen LogP) is 7.20. The fourth-order valence-electron chi connectivity index (χ4n) is 2.67. The van der Waals surface area contributed by atoms with Crippen LogP contribution in [0, 0.1) is 0 Å². The lowest BCUT2D eigenvalue weighted by molar-refractivity contribution is -0.165. The maximum absolute atomic E-state index is 12.4. The molecule has 0 saturated heterocycles. The van der Waals surface area contributed by atoms with Crippen molar-refractivity contribution >= 4 is 11.4 Å². The number of rotatable bonds is 9. The zero-order valence-corrected chi connectivity index (χ0v) is 17.6. The van der Waals surface area contributed by atoms with Crippen molar-refractivity contribution in [3.8, 4) is 5.75 Å². The van der Waals surface area contributed by atoms with Crippen LogP contribution in [0.2, 0.25) is 0 Å². The minimum absolute atomic E-state index is 0.240. The van der Waals surface area contributed by atoms with Crippen molar-refractivity contribution in [3.63, 3.8) is 0 Å². The number of ether oxygens (including phenoxy) is 1. The highest BCUT2D eigenvalue weighted by Crippen LogP contribution is 2.37. The first kappa shape index (κ1) is 24.0. The summed E-state index contributed by atoms with van der Waals surface area (Å²) < 4.78 is 43.2. The first-order chi connectivity index (χ1) is 13.0.